The topological polar surface area (TPSA) is 59.6 Å². The Balaban J connectivity index is 1.58. The molecule has 0 fully saturated rings. The summed E-state index contributed by atoms with van der Waals surface area (Å²) in [5, 5.41) is 5.94. The first-order valence-electron chi connectivity index (χ1n) is 6.71. The molecule has 0 spiro atoms. The van der Waals surface area contributed by atoms with Gasteiger partial charge in [0.2, 0.25) is 12.7 Å². The van der Waals surface area contributed by atoms with Crippen molar-refractivity contribution < 1.29 is 14.3 Å². The highest BCUT2D eigenvalue weighted by Crippen LogP contribution is 2.34. The number of aryl methyl sites for hydroxylation is 1. The fourth-order valence-corrected chi connectivity index (χ4v) is 2.10. The number of benzene rings is 2. The average molecular weight is 284 g/mol. The van der Waals surface area contributed by atoms with Crippen LogP contribution < -0.4 is 20.1 Å². The summed E-state index contributed by atoms with van der Waals surface area (Å²) in [6, 6.07) is 13.2. The van der Waals surface area contributed by atoms with E-state index in [0.717, 1.165) is 22.7 Å². The Hall–Kier alpha value is -2.69. The van der Waals surface area contributed by atoms with E-state index >= 15 is 0 Å². The van der Waals surface area contributed by atoms with Crippen molar-refractivity contribution in [3.8, 4) is 11.5 Å². The Morgan fingerprint density at radius 1 is 1.14 bits per heavy atom. The van der Waals surface area contributed by atoms with E-state index < -0.39 is 0 Å². The molecule has 0 bridgehead atoms. The van der Waals surface area contributed by atoms with Crippen molar-refractivity contribution in [3.63, 3.8) is 0 Å². The largest absolute Gasteiger partial charge is 0.454 e. The predicted octanol–water partition coefficient (Wildman–Crippen LogP) is 2.77. The first kappa shape index (κ1) is 13.3. The van der Waals surface area contributed by atoms with Crippen LogP contribution in [0.4, 0.5) is 11.4 Å². The third-order valence-electron chi connectivity index (χ3n) is 3.24. The number of carbonyl (C=O) groups is 1. The molecule has 1 heterocycles. The Morgan fingerprint density at radius 3 is 2.81 bits per heavy atom. The first-order chi connectivity index (χ1) is 10.2. The van der Waals surface area contributed by atoms with E-state index in [4.69, 9.17) is 9.47 Å². The van der Waals surface area contributed by atoms with Gasteiger partial charge in [-0.15, -0.1) is 0 Å². The highest BCUT2D eigenvalue weighted by molar-refractivity contribution is 5.94. The minimum Gasteiger partial charge on any atom is -0.454 e. The number of rotatable bonds is 4. The van der Waals surface area contributed by atoms with E-state index in [1.165, 1.54) is 0 Å². The fourth-order valence-electron chi connectivity index (χ4n) is 2.10. The SMILES string of the molecule is Cc1ccccc1NC(=O)CNc1ccc2c(c1)OCO2. The van der Waals surface area contributed by atoms with Gasteiger partial charge in [0, 0.05) is 17.4 Å². The lowest BCUT2D eigenvalue weighted by Gasteiger charge is -2.10. The van der Waals surface area contributed by atoms with E-state index in [1.807, 2.05) is 49.4 Å². The van der Waals surface area contributed by atoms with Gasteiger partial charge >= 0.3 is 0 Å². The highest BCUT2D eigenvalue weighted by Gasteiger charge is 2.13. The highest BCUT2D eigenvalue weighted by atomic mass is 16.7. The van der Waals surface area contributed by atoms with Crippen LogP contribution in [0.1, 0.15) is 5.56 Å². The van der Waals surface area contributed by atoms with E-state index in [2.05, 4.69) is 10.6 Å². The Morgan fingerprint density at radius 2 is 1.95 bits per heavy atom. The monoisotopic (exact) mass is 284 g/mol. The van der Waals surface area contributed by atoms with E-state index in [0.29, 0.717) is 5.75 Å². The number of nitrogens with one attached hydrogen (secondary N) is 2. The van der Waals surface area contributed by atoms with Crippen molar-refractivity contribution >= 4 is 17.3 Å². The number of hydrogen-bond donors (Lipinski definition) is 2. The molecule has 3 rings (SSSR count). The van der Waals surface area contributed by atoms with Crippen LogP contribution in [0.2, 0.25) is 0 Å². The number of amides is 1. The minimum atomic E-state index is -0.0954. The molecule has 2 N–H and O–H groups in total. The molecule has 1 amide bonds. The summed E-state index contributed by atoms with van der Waals surface area (Å²) in [6.45, 7) is 2.39. The second kappa shape index (κ2) is 5.75. The summed E-state index contributed by atoms with van der Waals surface area (Å²) >= 11 is 0. The van der Waals surface area contributed by atoms with E-state index in [-0.39, 0.29) is 19.2 Å². The van der Waals surface area contributed by atoms with E-state index in [9.17, 15) is 4.79 Å². The molecule has 0 aromatic heterocycles. The quantitative estimate of drug-likeness (QED) is 0.906. The van der Waals surface area contributed by atoms with Crippen LogP contribution in [0.5, 0.6) is 11.5 Å². The molecule has 2 aromatic rings. The predicted molar refractivity (Wildman–Crippen MR) is 80.9 cm³/mol. The first-order valence-corrected chi connectivity index (χ1v) is 6.71. The summed E-state index contributed by atoms with van der Waals surface area (Å²) < 4.78 is 10.5. The third-order valence-corrected chi connectivity index (χ3v) is 3.24. The van der Waals surface area contributed by atoms with Gasteiger partial charge in [0.05, 0.1) is 6.54 Å². The van der Waals surface area contributed by atoms with Gasteiger partial charge in [0.1, 0.15) is 0 Å². The van der Waals surface area contributed by atoms with Gasteiger partial charge in [-0.2, -0.15) is 0 Å². The van der Waals surface area contributed by atoms with Crippen LogP contribution in [0.25, 0.3) is 0 Å². The molecule has 108 valence electrons. The van der Waals surface area contributed by atoms with Crippen molar-refractivity contribution in [1.82, 2.24) is 0 Å². The van der Waals surface area contributed by atoms with Gasteiger partial charge in [0.25, 0.3) is 0 Å². The molecule has 0 radical (unpaired) electrons. The van der Waals surface area contributed by atoms with Crippen molar-refractivity contribution in [2.45, 2.75) is 6.92 Å². The van der Waals surface area contributed by atoms with Gasteiger partial charge in [-0.05, 0) is 30.7 Å². The van der Waals surface area contributed by atoms with Gasteiger partial charge in [-0.1, -0.05) is 18.2 Å². The second-order valence-electron chi connectivity index (χ2n) is 4.78. The molecule has 2 aromatic carbocycles. The molecule has 0 saturated heterocycles. The lowest BCUT2D eigenvalue weighted by atomic mass is 10.2. The summed E-state index contributed by atoms with van der Waals surface area (Å²) in [6.07, 6.45) is 0. The Labute approximate surface area is 122 Å². The zero-order valence-corrected chi connectivity index (χ0v) is 11.7. The van der Waals surface area contributed by atoms with Crippen LogP contribution in [-0.4, -0.2) is 19.2 Å². The fraction of sp³-hybridized carbons (Fsp3) is 0.188. The van der Waals surface area contributed by atoms with Crippen LogP contribution in [0, 0.1) is 6.92 Å². The number of ether oxygens (including phenoxy) is 2. The maximum Gasteiger partial charge on any atom is 0.243 e. The normalized spacial score (nSPS) is 12.0. The van der Waals surface area contributed by atoms with Gasteiger partial charge in [0.15, 0.2) is 11.5 Å². The maximum absolute atomic E-state index is 11.9. The average Bonchev–Trinajstić information content (AvgIpc) is 2.95. The van der Waals surface area contributed by atoms with Gasteiger partial charge in [-0.3, -0.25) is 4.79 Å². The van der Waals surface area contributed by atoms with Gasteiger partial charge < -0.3 is 20.1 Å². The molecule has 1 aliphatic heterocycles. The lowest BCUT2D eigenvalue weighted by Crippen LogP contribution is -2.22. The molecular formula is C16H16N2O3. The number of fused-ring (bicyclic) bond motifs is 1. The zero-order valence-electron chi connectivity index (χ0n) is 11.7. The molecule has 0 unspecified atom stereocenters. The number of para-hydroxylation sites is 1. The van der Waals surface area contributed by atoms with Crippen molar-refractivity contribution in [2.24, 2.45) is 0 Å². The summed E-state index contributed by atoms with van der Waals surface area (Å²) in [5.74, 6) is 1.33. The number of anilines is 2. The maximum atomic E-state index is 11.9. The number of carbonyl (C=O) groups excluding carboxylic acids is 1. The third kappa shape index (κ3) is 3.08. The molecule has 0 aliphatic carbocycles. The summed E-state index contributed by atoms with van der Waals surface area (Å²) in [5.41, 5.74) is 2.68. The Kier molecular flexibility index (Phi) is 3.64. The van der Waals surface area contributed by atoms with Crippen LogP contribution in [0.15, 0.2) is 42.5 Å². The van der Waals surface area contributed by atoms with Crippen LogP contribution in [0.3, 0.4) is 0 Å². The molecule has 1 aliphatic rings. The minimum absolute atomic E-state index is 0.0954. The molecule has 21 heavy (non-hydrogen) atoms. The summed E-state index contributed by atoms with van der Waals surface area (Å²) in [4.78, 5) is 11.9. The van der Waals surface area contributed by atoms with Gasteiger partial charge in [-0.25, -0.2) is 0 Å². The smallest absolute Gasteiger partial charge is 0.243 e. The second-order valence-corrected chi connectivity index (χ2v) is 4.78. The molecular weight excluding hydrogens is 268 g/mol. The molecule has 0 atom stereocenters. The number of hydrogen-bond acceptors (Lipinski definition) is 4. The van der Waals surface area contributed by atoms with Crippen LogP contribution >= 0.6 is 0 Å². The van der Waals surface area contributed by atoms with Crippen molar-refractivity contribution in [3.05, 3.63) is 48.0 Å². The summed E-state index contributed by atoms with van der Waals surface area (Å²) in [7, 11) is 0. The van der Waals surface area contributed by atoms with E-state index in [1.54, 1.807) is 0 Å². The van der Waals surface area contributed by atoms with Crippen molar-refractivity contribution in [2.75, 3.05) is 24.0 Å². The standard InChI is InChI=1S/C16H16N2O3/c1-11-4-2-3-5-13(11)18-16(19)9-17-12-6-7-14-15(8-12)21-10-20-14/h2-8,17H,9-10H2,1H3,(H,18,19). The lowest BCUT2D eigenvalue weighted by molar-refractivity contribution is -0.114. The Bertz CT molecular complexity index is 670. The van der Waals surface area contributed by atoms with Crippen molar-refractivity contribution in [1.29, 1.82) is 0 Å². The zero-order chi connectivity index (χ0) is 14.7. The molecule has 0 saturated carbocycles. The molecule has 5 heteroatoms. The van der Waals surface area contributed by atoms with Crippen LogP contribution in [-0.2, 0) is 4.79 Å². The molecule has 5 nitrogen and oxygen atoms in total.